The van der Waals surface area contributed by atoms with Crippen molar-refractivity contribution in [2.24, 2.45) is 0 Å². The van der Waals surface area contributed by atoms with Crippen LogP contribution in [0.25, 0.3) is 0 Å². The average Bonchev–Trinajstić information content (AvgIpc) is 2.96. The summed E-state index contributed by atoms with van der Waals surface area (Å²) >= 11 is 12.8. The molecule has 1 N–H and O–H groups in total. The predicted molar refractivity (Wildman–Crippen MR) is 157 cm³/mol. The van der Waals surface area contributed by atoms with Crippen molar-refractivity contribution < 1.29 is 9.90 Å². The summed E-state index contributed by atoms with van der Waals surface area (Å²) in [7, 11) is 0. The first-order chi connectivity index (χ1) is 18.4. The lowest BCUT2D eigenvalue weighted by Gasteiger charge is -2.45. The van der Waals surface area contributed by atoms with E-state index in [0.29, 0.717) is 10.0 Å². The molecule has 2 aliphatic rings. The molecule has 4 nitrogen and oxygen atoms in total. The number of hydrogen-bond donors (Lipinski definition) is 1. The molecular weight excluding hydrogens is 515 g/mol. The van der Waals surface area contributed by atoms with E-state index in [-0.39, 0.29) is 5.41 Å². The van der Waals surface area contributed by atoms with Gasteiger partial charge in [-0.15, -0.1) is 0 Å². The van der Waals surface area contributed by atoms with E-state index >= 15 is 0 Å². The summed E-state index contributed by atoms with van der Waals surface area (Å²) in [6, 6.07) is 24.0. The Balaban J connectivity index is 1.30. The van der Waals surface area contributed by atoms with Crippen molar-refractivity contribution in [3.05, 3.63) is 99.5 Å². The van der Waals surface area contributed by atoms with Gasteiger partial charge >= 0.3 is 0 Å². The van der Waals surface area contributed by atoms with Gasteiger partial charge in [-0.05, 0) is 80.5 Å². The van der Waals surface area contributed by atoms with E-state index in [1.165, 1.54) is 5.56 Å². The molecule has 2 heterocycles. The molecule has 5 rings (SSSR count). The number of carbonyl (C=O) groups is 1. The zero-order chi connectivity index (χ0) is 26.6. The maximum atomic E-state index is 11.8. The number of para-hydroxylation sites is 1. The van der Waals surface area contributed by atoms with Gasteiger partial charge in [-0.3, -0.25) is 4.79 Å². The van der Waals surface area contributed by atoms with Gasteiger partial charge in [-0.2, -0.15) is 0 Å². The second-order valence-electron chi connectivity index (χ2n) is 11.0. The molecule has 0 spiro atoms. The van der Waals surface area contributed by atoms with Gasteiger partial charge in [-0.1, -0.05) is 71.7 Å². The van der Waals surface area contributed by atoms with E-state index < -0.39 is 5.60 Å². The Labute approximate surface area is 236 Å². The van der Waals surface area contributed by atoms with Crippen LogP contribution in [0.3, 0.4) is 0 Å². The van der Waals surface area contributed by atoms with E-state index in [9.17, 15) is 9.90 Å². The number of piperidine rings is 2. The number of halogens is 2. The van der Waals surface area contributed by atoms with Crippen molar-refractivity contribution in [2.45, 2.75) is 49.5 Å². The van der Waals surface area contributed by atoms with Crippen LogP contribution in [-0.4, -0.2) is 49.0 Å². The molecule has 0 radical (unpaired) electrons. The molecule has 1 atom stereocenters. The predicted octanol–water partition coefficient (Wildman–Crippen LogP) is 7.11. The molecule has 38 heavy (non-hydrogen) atoms. The van der Waals surface area contributed by atoms with Crippen LogP contribution in [0.4, 0.5) is 5.69 Å². The van der Waals surface area contributed by atoms with Gasteiger partial charge in [0.1, 0.15) is 0 Å². The normalized spacial score (nSPS) is 21.8. The highest BCUT2D eigenvalue weighted by atomic mass is 35.5. The van der Waals surface area contributed by atoms with Crippen molar-refractivity contribution >= 4 is 35.2 Å². The molecule has 0 bridgehead atoms. The summed E-state index contributed by atoms with van der Waals surface area (Å²) in [5, 5.41) is 12.4. The number of likely N-dealkylation sites (tertiary alicyclic amines) is 1. The van der Waals surface area contributed by atoms with Gasteiger partial charge < -0.3 is 14.9 Å². The Morgan fingerprint density at radius 3 is 2.32 bits per heavy atom. The molecule has 3 aromatic carbocycles. The van der Waals surface area contributed by atoms with Crippen LogP contribution in [0.5, 0.6) is 0 Å². The molecule has 6 heteroatoms. The highest BCUT2D eigenvalue weighted by molar-refractivity contribution is 6.42. The van der Waals surface area contributed by atoms with Crippen LogP contribution < -0.4 is 4.90 Å². The van der Waals surface area contributed by atoms with Gasteiger partial charge in [0.25, 0.3) is 0 Å². The maximum Gasteiger partial charge on any atom is 0.152 e. The summed E-state index contributed by atoms with van der Waals surface area (Å²) in [6.45, 7) is 4.55. The van der Waals surface area contributed by atoms with Gasteiger partial charge in [0.2, 0.25) is 0 Å². The molecule has 1 unspecified atom stereocenters. The standard InChI is InChI=1S/C32H36Cl2N2O2/c33-28-13-12-27(22-29(28)34)31(15-7-19-36(24-31)30-11-5-4-8-25(30)23-37)14-6-18-35-20-16-32(38,17-21-35)26-9-2-1-3-10-26/h1-5,8-13,22-23,38H,6-7,14-21,24H2. The summed E-state index contributed by atoms with van der Waals surface area (Å²) in [5.74, 6) is 0. The van der Waals surface area contributed by atoms with E-state index in [4.69, 9.17) is 23.2 Å². The number of rotatable bonds is 8. The summed E-state index contributed by atoms with van der Waals surface area (Å²) < 4.78 is 0. The van der Waals surface area contributed by atoms with Gasteiger partial charge in [0.05, 0.1) is 15.6 Å². The minimum atomic E-state index is -0.727. The number of anilines is 1. The first kappa shape index (κ1) is 27.2. The Morgan fingerprint density at radius 1 is 0.842 bits per heavy atom. The minimum absolute atomic E-state index is 0.0803. The van der Waals surface area contributed by atoms with Crippen LogP contribution in [0, 0.1) is 0 Å². The van der Waals surface area contributed by atoms with Crippen LogP contribution in [0.15, 0.2) is 72.8 Å². The van der Waals surface area contributed by atoms with Gasteiger partial charge in [0, 0.05) is 42.8 Å². The Hall–Kier alpha value is -2.37. The molecule has 2 saturated heterocycles. The lowest BCUT2D eigenvalue weighted by molar-refractivity contribution is -0.0264. The molecule has 3 aromatic rings. The molecule has 200 valence electrons. The monoisotopic (exact) mass is 550 g/mol. The fourth-order valence-corrected chi connectivity index (χ4v) is 6.75. The molecule has 0 aromatic heterocycles. The van der Waals surface area contributed by atoms with E-state index in [0.717, 1.165) is 94.3 Å². The van der Waals surface area contributed by atoms with Crippen molar-refractivity contribution in [3.8, 4) is 0 Å². The Kier molecular flexibility index (Phi) is 8.44. The third-order valence-corrected chi connectivity index (χ3v) is 9.38. The van der Waals surface area contributed by atoms with Gasteiger partial charge in [0.15, 0.2) is 6.29 Å². The van der Waals surface area contributed by atoms with Crippen LogP contribution in [0.2, 0.25) is 10.0 Å². The fourth-order valence-electron chi connectivity index (χ4n) is 6.45. The molecule has 2 aliphatic heterocycles. The molecule has 0 amide bonds. The highest BCUT2D eigenvalue weighted by Gasteiger charge is 2.38. The minimum Gasteiger partial charge on any atom is -0.385 e. The van der Waals surface area contributed by atoms with E-state index in [1.807, 2.05) is 60.7 Å². The molecular formula is C32H36Cl2N2O2. The van der Waals surface area contributed by atoms with Crippen molar-refractivity contribution in [1.82, 2.24) is 4.90 Å². The second kappa shape index (κ2) is 11.8. The number of aldehydes is 1. The van der Waals surface area contributed by atoms with Crippen molar-refractivity contribution in [3.63, 3.8) is 0 Å². The highest BCUT2D eigenvalue weighted by Crippen LogP contribution is 2.42. The van der Waals surface area contributed by atoms with Crippen LogP contribution >= 0.6 is 23.2 Å². The molecule has 2 fully saturated rings. The Morgan fingerprint density at radius 2 is 1.58 bits per heavy atom. The first-order valence-electron chi connectivity index (χ1n) is 13.7. The summed E-state index contributed by atoms with van der Waals surface area (Å²) in [6.07, 6.45) is 6.64. The fraction of sp³-hybridized carbons (Fsp3) is 0.406. The van der Waals surface area contributed by atoms with Crippen molar-refractivity contribution in [1.29, 1.82) is 0 Å². The summed E-state index contributed by atoms with van der Waals surface area (Å²) in [4.78, 5) is 16.6. The average molecular weight is 552 g/mol. The largest absolute Gasteiger partial charge is 0.385 e. The first-order valence-corrected chi connectivity index (χ1v) is 14.4. The topological polar surface area (TPSA) is 43.8 Å². The maximum absolute atomic E-state index is 11.8. The zero-order valence-corrected chi connectivity index (χ0v) is 23.3. The SMILES string of the molecule is O=Cc1ccccc1N1CCCC(CCCN2CCC(O)(c3ccccc3)CC2)(c2ccc(Cl)c(Cl)c2)C1. The van der Waals surface area contributed by atoms with Gasteiger partial charge in [-0.25, -0.2) is 0 Å². The second-order valence-corrected chi connectivity index (χ2v) is 11.8. The molecule has 0 saturated carbocycles. The summed E-state index contributed by atoms with van der Waals surface area (Å²) in [5.41, 5.74) is 3.17. The quantitative estimate of drug-likeness (QED) is 0.303. The van der Waals surface area contributed by atoms with E-state index in [1.54, 1.807) is 0 Å². The smallest absolute Gasteiger partial charge is 0.152 e. The number of aliphatic hydroxyl groups is 1. The lowest BCUT2D eigenvalue weighted by atomic mass is 9.70. The number of benzene rings is 3. The third-order valence-electron chi connectivity index (χ3n) is 8.64. The molecule has 0 aliphatic carbocycles. The van der Waals surface area contributed by atoms with E-state index in [2.05, 4.69) is 21.9 Å². The Bertz CT molecular complexity index is 1240. The number of carbonyl (C=O) groups excluding carboxylic acids is 1. The lowest BCUT2D eigenvalue weighted by Crippen LogP contribution is -2.47. The van der Waals surface area contributed by atoms with Crippen LogP contribution in [0.1, 0.15) is 60.0 Å². The third kappa shape index (κ3) is 5.79. The number of nitrogens with zero attached hydrogens (tertiary/aromatic N) is 2. The van der Waals surface area contributed by atoms with Crippen molar-refractivity contribution in [2.75, 3.05) is 37.6 Å². The number of hydrogen-bond acceptors (Lipinski definition) is 4. The van der Waals surface area contributed by atoms with Crippen LogP contribution in [-0.2, 0) is 11.0 Å². The zero-order valence-electron chi connectivity index (χ0n) is 21.8.